The standard InChI is InChI=1S/C27H33N3O2/c1-4-30-15-5-11-27(30)12-8-22(17-27)21-6-7-24-23(16-21)25(18(2)29-24)26(31)32-19(3)20-9-13-28-14-10-20/h6-7,9-10,13-14,16,19,22,29H,4-5,8,11-12,15,17H2,1-3H3/t19-,22?,27?/m0/s1. The van der Waals surface area contributed by atoms with Crippen LogP contribution in [0.1, 0.15) is 85.2 Å². The number of pyridine rings is 1. The fourth-order valence-corrected chi connectivity index (χ4v) is 6.18. The normalized spacial score (nSPS) is 24.4. The maximum Gasteiger partial charge on any atom is 0.341 e. The molecule has 0 amide bonds. The van der Waals surface area contributed by atoms with Crippen molar-refractivity contribution in [1.29, 1.82) is 0 Å². The van der Waals surface area contributed by atoms with Gasteiger partial charge in [-0.15, -0.1) is 0 Å². The van der Waals surface area contributed by atoms with Gasteiger partial charge in [0, 0.05) is 34.5 Å². The Balaban J connectivity index is 1.41. The number of benzene rings is 1. The highest BCUT2D eigenvalue weighted by Gasteiger charge is 2.45. The molecule has 32 heavy (non-hydrogen) atoms. The molecule has 1 saturated carbocycles. The van der Waals surface area contributed by atoms with Crippen LogP contribution >= 0.6 is 0 Å². The molecule has 0 bridgehead atoms. The summed E-state index contributed by atoms with van der Waals surface area (Å²) in [6.07, 6.45) is 9.51. The van der Waals surface area contributed by atoms with Crippen LogP contribution in [0.3, 0.4) is 0 Å². The van der Waals surface area contributed by atoms with Crippen LogP contribution < -0.4 is 0 Å². The van der Waals surface area contributed by atoms with E-state index in [1.54, 1.807) is 12.4 Å². The molecule has 0 radical (unpaired) electrons. The van der Waals surface area contributed by atoms with Crippen molar-refractivity contribution in [1.82, 2.24) is 14.9 Å². The van der Waals surface area contributed by atoms with Crippen molar-refractivity contribution in [3.05, 3.63) is 65.1 Å². The van der Waals surface area contributed by atoms with Gasteiger partial charge in [0.15, 0.2) is 0 Å². The molecule has 168 valence electrons. The Morgan fingerprint density at radius 2 is 2.09 bits per heavy atom. The topological polar surface area (TPSA) is 58.2 Å². The Kier molecular flexibility index (Phi) is 5.54. The number of hydrogen-bond acceptors (Lipinski definition) is 4. The van der Waals surface area contributed by atoms with Crippen molar-refractivity contribution in [2.24, 2.45) is 0 Å². The Bertz CT molecular complexity index is 1120. The summed E-state index contributed by atoms with van der Waals surface area (Å²) in [4.78, 5) is 23.3. The molecule has 2 fully saturated rings. The molecule has 5 heteroatoms. The van der Waals surface area contributed by atoms with Crippen LogP contribution in [0.15, 0.2) is 42.7 Å². The number of hydrogen-bond donors (Lipinski definition) is 1. The minimum Gasteiger partial charge on any atom is -0.454 e. The average molecular weight is 432 g/mol. The zero-order valence-electron chi connectivity index (χ0n) is 19.4. The van der Waals surface area contributed by atoms with Crippen molar-refractivity contribution in [2.45, 2.75) is 70.4 Å². The first-order valence-electron chi connectivity index (χ1n) is 12.0. The number of rotatable bonds is 5. The highest BCUT2D eigenvalue weighted by atomic mass is 16.5. The van der Waals surface area contributed by atoms with Gasteiger partial charge in [-0.2, -0.15) is 0 Å². The van der Waals surface area contributed by atoms with E-state index in [4.69, 9.17) is 4.74 Å². The molecule has 1 spiro atoms. The minimum absolute atomic E-state index is 0.272. The lowest BCUT2D eigenvalue weighted by Crippen LogP contribution is -2.41. The van der Waals surface area contributed by atoms with Crippen LogP contribution in [0.4, 0.5) is 0 Å². The molecule has 1 aliphatic carbocycles. The van der Waals surface area contributed by atoms with E-state index in [0.29, 0.717) is 17.0 Å². The third-order valence-electron chi connectivity index (χ3n) is 7.85. The second-order valence-corrected chi connectivity index (χ2v) is 9.61. The number of nitrogens with one attached hydrogen (secondary N) is 1. The van der Waals surface area contributed by atoms with Gasteiger partial charge in [-0.25, -0.2) is 4.79 Å². The molecule has 1 aromatic carbocycles. The Hall–Kier alpha value is -2.66. The van der Waals surface area contributed by atoms with Crippen LogP contribution in [0.25, 0.3) is 10.9 Å². The number of ether oxygens (including phenoxy) is 1. The number of esters is 1. The first kappa shape index (κ1) is 21.2. The fourth-order valence-electron chi connectivity index (χ4n) is 6.18. The number of fused-ring (bicyclic) bond motifs is 1. The summed E-state index contributed by atoms with van der Waals surface area (Å²) >= 11 is 0. The summed E-state index contributed by atoms with van der Waals surface area (Å²) in [5.74, 6) is 0.285. The second kappa shape index (κ2) is 8.36. The van der Waals surface area contributed by atoms with Gasteiger partial charge in [-0.1, -0.05) is 13.0 Å². The largest absolute Gasteiger partial charge is 0.454 e. The van der Waals surface area contributed by atoms with E-state index in [-0.39, 0.29) is 12.1 Å². The quantitative estimate of drug-likeness (QED) is 0.510. The van der Waals surface area contributed by atoms with Gasteiger partial charge in [-0.3, -0.25) is 9.88 Å². The molecule has 2 aromatic heterocycles. The van der Waals surface area contributed by atoms with Gasteiger partial charge in [-0.05, 0) is 100 Å². The number of carbonyl (C=O) groups is 1. The molecular formula is C27H33N3O2. The SMILES string of the molecule is CCN1CCCC12CCC(c1ccc3[nH]c(C)c(C(=O)O[C@@H](C)c4ccncc4)c3c1)C2. The number of aryl methyl sites for hydroxylation is 1. The van der Waals surface area contributed by atoms with Crippen molar-refractivity contribution < 1.29 is 9.53 Å². The van der Waals surface area contributed by atoms with E-state index in [2.05, 4.69) is 40.0 Å². The molecule has 1 aliphatic heterocycles. The number of carbonyl (C=O) groups excluding carboxylic acids is 1. The van der Waals surface area contributed by atoms with Gasteiger partial charge in [0.05, 0.1) is 5.56 Å². The molecule has 2 unspecified atom stereocenters. The summed E-state index contributed by atoms with van der Waals surface area (Å²) in [7, 11) is 0. The third-order valence-corrected chi connectivity index (χ3v) is 7.85. The van der Waals surface area contributed by atoms with Gasteiger partial charge < -0.3 is 9.72 Å². The van der Waals surface area contributed by atoms with Gasteiger partial charge in [0.1, 0.15) is 6.10 Å². The lowest BCUT2D eigenvalue weighted by molar-refractivity contribution is 0.0339. The lowest BCUT2D eigenvalue weighted by Gasteiger charge is -2.34. The summed E-state index contributed by atoms with van der Waals surface area (Å²) in [5, 5.41) is 0.978. The highest BCUT2D eigenvalue weighted by Crippen LogP contribution is 2.49. The van der Waals surface area contributed by atoms with E-state index in [9.17, 15) is 4.79 Å². The molecule has 5 nitrogen and oxygen atoms in total. The molecule has 3 atom stereocenters. The fraction of sp³-hybridized carbons (Fsp3) is 0.481. The van der Waals surface area contributed by atoms with Crippen LogP contribution in [0.2, 0.25) is 0 Å². The summed E-state index contributed by atoms with van der Waals surface area (Å²) in [6.45, 7) is 8.54. The smallest absolute Gasteiger partial charge is 0.341 e. The molecule has 2 aliphatic rings. The molecule has 1 N–H and O–H groups in total. The van der Waals surface area contributed by atoms with Crippen LogP contribution in [0, 0.1) is 6.92 Å². The summed E-state index contributed by atoms with van der Waals surface area (Å²) in [5.41, 5.74) is 5.21. The van der Waals surface area contributed by atoms with E-state index in [1.807, 2.05) is 26.0 Å². The summed E-state index contributed by atoms with van der Waals surface area (Å²) in [6, 6.07) is 10.4. The first-order chi connectivity index (χ1) is 15.5. The Morgan fingerprint density at radius 1 is 1.28 bits per heavy atom. The number of likely N-dealkylation sites (tertiary alicyclic amines) is 1. The number of H-pyrrole nitrogens is 1. The molecule has 3 heterocycles. The average Bonchev–Trinajstić information content (AvgIpc) is 3.50. The van der Waals surface area contributed by atoms with Crippen LogP contribution in [0.5, 0.6) is 0 Å². The lowest BCUT2D eigenvalue weighted by atomic mass is 9.89. The molecular weight excluding hydrogens is 398 g/mol. The Labute approximate surface area is 190 Å². The van der Waals surface area contributed by atoms with Crippen molar-refractivity contribution >= 4 is 16.9 Å². The van der Waals surface area contributed by atoms with Gasteiger partial charge in [0.2, 0.25) is 0 Å². The minimum atomic E-state index is -0.324. The van der Waals surface area contributed by atoms with Crippen LogP contribution in [-0.2, 0) is 4.74 Å². The van der Waals surface area contributed by atoms with Crippen molar-refractivity contribution in [3.8, 4) is 0 Å². The molecule has 1 saturated heterocycles. The van der Waals surface area contributed by atoms with E-state index in [0.717, 1.165) is 28.7 Å². The molecule has 3 aromatic rings. The Morgan fingerprint density at radius 3 is 2.88 bits per heavy atom. The van der Waals surface area contributed by atoms with Crippen LogP contribution in [-0.4, -0.2) is 39.5 Å². The summed E-state index contributed by atoms with van der Waals surface area (Å²) < 4.78 is 5.85. The maximum absolute atomic E-state index is 13.2. The number of aromatic amines is 1. The third kappa shape index (κ3) is 3.62. The highest BCUT2D eigenvalue weighted by molar-refractivity contribution is 6.05. The first-order valence-corrected chi connectivity index (χ1v) is 12.0. The molecule has 5 rings (SSSR count). The second-order valence-electron chi connectivity index (χ2n) is 9.61. The van der Waals surface area contributed by atoms with E-state index >= 15 is 0 Å². The maximum atomic E-state index is 13.2. The predicted octanol–water partition coefficient (Wildman–Crippen LogP) is 5.91. The zero-order chi connectivity index (χ0) is 22.3. The van der Waals surface area contributed by atoms with Gasteiger partial charge >= 0.3 is 5.97 Å². The predicted molar refractivity (Wildman–Crippen MR) is 127 cm³/mol. The van der Waals surface area contributed by atoms with Crippen molar-refractivity contribution in [2.75, 3.05) is 13.1 Å². The van der Waals surface area contributed by atoms with Crippen molar-refractivity contribution in [3.63, 3.8) is 0 Å². The van der Waals surface area contributed by atoms with E-state index < -0.39 is 0 Å². The monoisotopic (exact) mass is 431 g/mol. The van der Waals surface area contributed by atoms with E-state index in [1.165, 1.54) is 44.2 Å². The number of aromatic nitrogens is 2. The van der Waals surface area contributed by atoms with Gasteiger partial charge in [0.25, 0.3) is 0 Å². The zero-order valence-corrected chi connectivity index (χ0v) is 19.4. The number of nitrogens with zero attached hydrogens (tertiary/aromatic N) is 2.